The lowest BCUT2D eigenvalue weighted by Gasteiger charge is -2.01. The number of hydrogen-bond donors (Lipinski definition) is 1. The van der Waals surface area contributed by atoms with Crippen molar-refractivity contribution < 1.29 is 4.79 Å². The summed E-state index contributed by atoms with van der Waals surface area (Å²) >= 11 is 3.33. The van der Waals surface area contributed by atoms with Gasteiger partial charge in [0.25, 0.3) is 5.91 Å². The fourth-order valence-corrected chi connectivity index (χ4v) is 1.99. The molecule has 0 saturated heterocycles. The van der Waals surface area contributed by atoms with Crippen LogP contribution in [-0.4, -0.2) is 12.1 Å². The maximum absolute atomic E-state index is 11.9. The summed E-state index contributed by atoms with van der Waals surface area (Å²) in [5, 5.41) is 3.94. The van der Waals surface area contributed by atoms with Crippen LogP contribution in [0.15, 0.2) is 58.1 Å². The molecule has 0 spiro atoms. The monoisotopic (exact) mass is 316 g/mol. The van der Waals surface area contributed by atoms with Crippen molar-refractivity contribution >= 4 is 28.1 Å². The van der Waals surface area contributed by atoms with Crippen molar-refractivity contribution in [3.05, 3.63) is 69.7 Å². The predicted molar refractivity (Wildman–Crippen MR) is 80.4 cm³/mol. The maximum Gasteiger partial charge on any atom is 0.272 e. The van der Waals surface area contributed by atoms with Crippen molar-refractivity contribution in [3.63, 3.8) is 0 Å². The number of aryl methyl sites for hydroxylation is 1. The van der Waals surface area contributed by atoms with Crippen LogP contribution in [0.4, 0.5) is 0 Å². The van der Waals surface area contributed by atoms with Gasteiger partial charge in [0.1, 0.15) is 0 Å². The molecule has 0 aromatic heterocycles. The number of hydrazone groups is 1. The Morgan fingerprint density at radius 3 is 2.53 bits per heavy atom. The summed E-state index contributed by atoms with van der Waals surface area (Å²) in [5.74, 6) is -0.240. The Kier molecular flexibility index (Phi) is 4.47. The summed E-state index contributed by atoms with van der Waals surface area (Å²) in [7, 11) is 0. The second-order valence-electron chi connectivity index (χ2n) is 4.09. The van der Waals surface area contributed by atoms with Gasteiger partial charge < -0.3 is 0 Å². The molecular weight excluding hydrogens is 304 g/mol. The van der Waals surface area contributed by atoms with Crippen LogP contribution in [0, 0.1) is 6.92 Å². The van der Waals surface area contributed by atoms with E-state index in [0.717, 1.165) is 10.0 Å². The minimum Gasteiger partial charge on any atom is -0.267 e. The van der Waals surface area contributed by atoms with Crippen LogP contribution >= 0.6 is 15.9 Å². The number of nitrogens with one attached hydrogen (secondary N) is 1. The summed E-state index contributed by atoms with van der Waals surface area (Å²) in [6.07, 6.45) is 1.62. The van der Waals surface area contributed by atoms with Gasteiger partial charge in [-0.15, -0.1) is 0 Å². The average molecular weight is 317 g/mol. The number of amides is 1. The summed E-state index contributed by atoms with van der Waals surface area (Å²) in [6.45, 7) is 2.02. The highest BCUT2D eigenvalue weighted by molar-refractivity contribution is 9.10. The van der Waals surface area contributed by atoms with Gasteiger partial charge in [0.2, 0.25) is 0 Å². The molecule has 1 N–H and O–H groups in total. The Hall–Kier alpha value is -1.94. The Balaban J connectivity index is 2.01. The number of carbonyl (C=O) groups excluding carboxylic acids is 1. The van der Waals surface area contributed by atoms with Crippen LogP contribution in [-0.2, 0) is 0 Å². The SMILES string of the molecule is Cc1ccc(C=NNC(=O)c2ccccc2Br)cc1. The van der Waals surface area contributed by atoms with Gasteiger partial charge in [-0.2, -0.15) is 5.10 Å². The number of hydrogen-bond acceptors (Lipinski definition) is 2. The van der Waals surface area contributed by atoms with Gasteiger partial charge in [-0.25, -0.2) is 5.43 Å². The molecule has 96 valence electrons. The van der Waals surface area contributed by atoms with E-state index in [1.165, 1.54) is 5.56 Å². The van der Waals surface area contributed by atoms with Gasteiger partial charge in [-0.05, 0) is 40.5 Å². The van der Waals surface area contributed by atoms with Crippen molar-refractivity contribution in [3.8, 4) is 0 Å². The zero-order chi connectivity index (χ0) is 13.7. The van der Waals surface area contributed by atoms with Crippen molar-refractivity contribution in [1.82, 2.24) is 5.43 Å². The van der Waals surface area contributed by atoms with Gasteiger partial charge in [-0.1, -0.05) is 42.0 Å². The number of carbonyl (C=O) groups is 1. The van der Waals surface area contributed by atoms with E-state index in [-0.39, 0.29) is 5.91 Å². The summed E-state index contributed by atoms with van der Waals surface area (Å²) in [5.41, 5.74) is 5.19. The first-order valence-electron chi connectivity index (χ1n) is 5.81. The quantitative estimate of drug-likeness (QED) is 0.683. The van der Waals surface area contributed by atoms with E-state index in [0.29, 0.717) is 5.56 Å². The number of benzene rings is 2. The molecule has 0 aliphatic heterocycles. The van der Waals surface area contributed by atoms with Crippen LogP contribution in [0.5, 0.6) is 0 Å². The Labute approximate surface area is 120 Å². The molecule has 1 amide bonds. The molecule has 0 atom stereocenters. The van der Waals surface area contributed by atoms with E-state index < -0.39 is 0 Å². The van der Waals surface area contributed by atoms with Crippen molar-refractivity contribution in [2.24, 2.45) is 5.10 Å². The minimum absolute atomic E-state index is 0.240. The molecule has 4 heteroatoms. The van der Waals surface area contributed by atoms with Gasteiger partial charge >= 0.3 is 0 Å². The predicted octanol–water partition coefficient (Wildman–Crippen LogP) is 3.52. The van der Waals surface area contributed by atoms with E-state index in [9.17, 15) is 4.79 Å². The molecule has 2 rings (SSSR count). The van der Waals surface area contributed by atoms with Gasteiger partial charge in [0.15, 0.2) is 0 Å². The Morgan fingerprint density at radius 1 is 1.16 bits per heavy atom. The van der Waals surface area contributed by atoms with E-state index in [1.807, 2.05) is 49.4 Å². The molecule has 2 aromatic carbocycles. The van der Waals surface area contributed by atoms with Crippen molar-refractivity contribution in [2.45, 2.75) is 6.92 Å². The highest BCUT2D eigenvalue weighted by atomic mass is 79.9. The van der Waals surface area contributed by atoms with Crippen molar-refractivity contribution in [2.75, 3.05) is 0 Å². The lowest BCUT2D eigenvalue weighted by atomic mass is 10.2. The van der Waals surface area contributed by atoms with Gasteiger partial charge in [0, 0.05) is 4.47 Å². The molecule has 0 unspecified atom stereocenters. The molecular formula is C15H13BrN2O. The average Bonchev–Trinajstić information content (AvgIpc) is 2.41. The van der Waals surface area contributed by atoms with Gasteiger partial charge in [-0.3, -0.25) is 4.79 Å². The van der Waals surface area contributed by atoms with Crippen LogP contribution in [0.25, 0.3) is 0 Å². The second kappa shape index (κ2) is 6.29. The maximum atomic E-state index is 11.9. The lowest BCUT2D eigenvalue weighted by Crippen LogP contribution is -2.18. The topological polar surface area (TPSA) is 41.5 Å². The molecule has 0 radical (unpaired) electrons. The number of rotatable bonds is 3. The first-order chi connectivity index (χ1) is 9.16. The van der Waals surface area contributed by atoms with E-state index >= 15 is 0 Å². The smallest absolute Gasteiger partial charge is 0.267 e. The minimum atomic E-state index is -0.240. The molecule has 0 saturated carbocycles. The fourth-order valence-electron chi connectivity index (χ4n) is 1.52. The lowest BCUT2D eigenvalue weighted by molar-refractivity contribution is 0.0954. The zero-order valence-electron chi connectivity index (χ0n) is 10.4. The normalized spacial score (nSPS) is 10.6. The fraction of sp³-hybridized carbons (Fsp3) is 0.0667. The molecule has 0 aliphatic rings. The van der Waals surface area contributed by atoms with E-state index in [2.05, 4.69) is 26.5 Å². The third-order valence-electron chi connectivity index (χ3n) is 2.58. The highest BCUT2D eigenvalue weighted by Gasteiger charge is 2.07. The molecule has 0 aliphatic carbocycles. The largest absolute Gasteiger partial charge is 0.272 e. The summed E-state index contributed by atoms with van der Waals surface area (Å²) < 4.78 is 0.748. The zero-order valence-corrected chi connectivity index (χ0v) is 12.0. The van der Waals surface area contributed by atoms with Crippen LogP contribution < -0.4 is 5.43 Å². The Bertz CT molecular complexity index is 606. The highest BCUT2D eigenvalue weighted by Crippen LogP contribution is 2.15. The molecule has 2 aromatic rings. The van der Waals surface area contributed by atoms with E-state index in [4.69, 9.17) is 0 Å². The molecule has 0 fully saturated rings. The standard InChI is InChI=1S/C15H13BrN2O/c1-11-6-8-12(9-7-11)10-17-18-15(19)13-4-2-3-5-14(13)16/h2-10H,1H3,(H,18,19). The third kappa shape index (κ3) is 3.76. The van der Waals surface area contributed by atoms with Crippen LogP contribution in [0.1, 0.15) is 21.5 Å². The van der Waals surface area contributed by atoms with Crippen molar-refractivity contribution in [1.29, 1.82) is 0 Å². The molecule has 19 heavy (non-hydrogen) atoms. The number of halogens is 1. The van der Waals surface area contributed by atoms with Gasteiger partial charge in [0.05, 0.1) is 11.8 Å². The van der Waals surface area contributed by atoms with E-state index in [1.54, 1.807) is 12.3 Å². The first kappa shape index (κ1) is 13.5. The molecule has 0 bridgehead atoms. The van der Waals surface area contributed by atoms with Crippen LogP contribution in [0.2, 0.25) is 0 Å². The number of nitrogens with zero attached hydrogens (tertiary/aromatic N) is 1. The van der Waals surface area contributed by atoms with Crippen LogP contribution in [0.3, 0.4) is 0 Å². The first-order valence-corrected chi connectivity index (χ1v) is 6.61. The Morgan fingerprint density at radius 2 is 1.84 bits per heavy atom. The molecule has 3 nitrogen and oxygen atoms in total. The summed E-state index contributed by atoms with van der Waals surface area (Å²) in [6, 6.07) is 15.1. The third-order valence-corrected chi connectivity index (χ3v) is 3.27. The molecule has 0 heterocycles. The second-order valence-corrected chi connectivity index (χ2v) is 4.94. The summed E-state index contributed by atoms with van der Waals surface area (Å²) in [4.78, 5) is 11.9.